The third-order valence-corrected chi connectivity index (χ3v) is 8.94. The summed E-state index contributed by atoms with van der Waals surface area (Å²) in [4.78, 5) is 26.4. The van der Waals surface area contributed by atoms with Gasteiger partial charge in [-0.25, -0.2) is 4.79 Å². The van der Waals surface area contributed by atoms with E-state index < -0.39 is 0 Å². The van der Waals surface area contributed by atoms with Crippen molar-refractivity contribution in [1.29, 1.82) is 0 Å². The number of hydrogen-bond donors (Lipinski definition) is 1. The maximum absolute atomic E-state index is 12.2. The third-order valence-electron chi connectivity index (χ3n) is 8.94. The fourth-order valence-corrected chi connectivity index (χ4v) is 7.38. The summed E-state index contributed by atoms with van der Waals surface area (Å²) >= 11 is 0. The summed E-state index contributed by atoms with van der Waals surface area (Å²) in [5, 5.41) is 3.17. The molecule has 6 nitrogen and oxygen atoms in total. The molecule has 0 spiro atoms. The van der Waals surface area contributed by atoms with E-state index in [0.29, 0.717) is 30.4 Å². The van der Waals surface area contributed by atoms with Crippen molar-refractivity contribution in [3.8, 4) is 0 Å². The van der Waals surface area contributed by atoms with Gasteiger partial charge in [-0.05, 0) is 67.8 Å². The van der Waals surface area contributed by atoms with Crippen LogP contribution in [0.2, 0.25) is 0 Å². The van der Waals surface area contributed by atoms with Crippen LogP contribution in [-0.2, 0) is 14.3 Å². The fourth-order valence-electron chi connectivity index (χ4n) is 7.38. The van der Waals surface area contributed by atoms with Gasteiger partial charge >= 0.3 is 6.09 Å². The first-order valence-electron chi connectivity index (χ1n) is 11.2. The summed E-state index contributed by atoms with van der Waals surface area (Å²) in [6, 6.07) is 0.497. The van der Waals surface area contributed by atoms with Crippen LogP contribution in [0, 0.1) is 28.6 Å². The van der Waals surface area contributed by atoms with Crippen LogP contribution >= 0.6 is 0 Å². The summed E-state index contributed by atoms with van der Waals surface area (Å²) in [5.41, 5.74) is 0.197. The molecule has 4 aliphatic rings. The Bertz CT molecular complexity index is 694. The second kappa shape index (κ2) is 7.60. The molecule has 0 radical (unpaired) electrons. The van der Waals surface area contributed by atoms with Gasteiger partial charge in [-0.1, -0.05) is 19.9 Å². The van der Waals surface area contributed by atoms with Crippen LogP contribution in [0.15, 0.2) is 12.2 Å². The van der Waals surface area contributed by atoms with Crippen molar-refractivity contribution in [1.82, 2.24) is 10.2 Å². The van der Waals surface area contributed by atoms with E-state index in [1.54, 1.807) is 13.2 Å². The van der Waals surface area contributed by atoms with Crippen molar-refractivity contribution in [2.45, 2.75) is 64.5 Å². The molecule has 1 heterocycles. The van der Waals surface area contributed by atoms with E-state index in [0.717, 1.165) is 25.7 Å². The van der Waals surface area contributed by atoms with Crippen LogP contribution < -0.4 is 5.32 Å². The normalized spacial score (nSPS) is 43.4. The lowest BCUT2D eigenvalue weighted by molar-refractivity contribution is -0.138. The quantitative estimate of drug-likeness (QED) is 0.730. The van der Waals surface area contributed by atoms with Crippen molar-refractivity contribution >= 4 is 12.0 Å². The highest BCUT2D eigenvalue weighted by Gasteiger charge is 2.60. The van der Waals surface area contributed by atoms with Crippen LogP contribution in [0.1, 0.15) is 52.4 Å². The molecule has 6 heteroatoms. The smallest absolute Gasteiger partial charge is 0.407 e. The first-order chi connectivity index (χ1) is 13.8. The van der Waals surface area contributed by atoms with Gasteiger partial charge in [-0.2, -0.15) is 0 Å². The zero-order valence-electron chi connectivity index (χ0n) is 18.3. The van der Waals surface area contributed by atoms with Gasteiger partial charge in [0.15, 0.2) is 0 Å². The van der Waals surface area contributed by atoms with Crippen LogP contribution in [0.5, 0.6) is 0 Å². The van der Waals surface area contributed by atoms with E-state index >= 15 is 0 Å². The maximum atomic E-state index is 12.2. The van der Waals surface area contributed by atoms with Crippen molar-refractivity contribution < 1.29 is 19.1 Å². The number of amides is 2. The highest BCUT2D eigenvalue weighted by molar-refractivity contribution is 5.89. The van der Waals surface area contributed by atoms with Gasteiger partial charge in [-0.3, -0.25) is 4.79 Å². The van der Waals surface area contributed by atoms with Gasteiger partial charge in [0, 0.05) is 31.7 Å². The van der Waals surface area contributed by atoms with E-state index in [1.807, 2.05) is 11.9 Å². The zero-order valence-corrected chi connectivity index (χ0v) is 18.3. The van der Waals surface area contributed by atoms with Gasteiger partial charge in [0.25, 0.3) is 0 Å². The van der Waals surface area contributed by atoms with Crippen LogP contribution in [0.25, 0.3) is 0 Å². The number of rotatable bonds is 4. The highest BCUT2D eigenvalue weighted by Crippen LogP contribution is 2.63. The molecule has 0 aromatic heterocycles. The minimum absolute atomic E-state index is 0.0670. The molecule has 0 bridgehead atoms. The minimum atomic E-state index is -0.318. The molecule has 3 fully saturated rings. The maximum Gasteiger partial charge on any atom is 0.407 e. The van der Waals surface area contributed by atoms with Crippen LogP contribution in [-0.4, -0.2) is 56.4 Å². The number of carbonyl (C=O) groups is 2. The summed E-state index contributed by atoms with van der Waals surface area (Å²) in [6.07, 6.45) is 10.4. The molecule has 0 saturated heterocycles. The molecular formula is C23H36N2O4. The van der Waals surface area contributed by atoms with Gasteiger partial charge in [0.05, 0.1) is 6.61 Å². The molecule has 0 aromatic carbocycles. The van der Waals surface area contributed by atoms with Gasteiger partial charge in [0.1, 0.15) is 6.61 Å². The van der Waals surface area contributed by atoms with Crippen LogP contribution in [0.3, 0.4) is 0 Å². The molecular weight excluding hydrogens is 368 g/mol. The number of hydrogen-bond acceptors (Lipinski definition) is 4. The molecule has 29 heavy (non-hydrogen) atoms. The average Bonchev–Trinajstić information content (AvgIpc) is 3.02. The van der Waals surface area contributed by atoms with E-state index in [9.17, 15) is 9.59 Å². The van der Waals surface area contributed by atoms with E-state index in [1.165, 1.54) is 12.8 Å². The Morgan fingerprint density at radius 1 is 1.17 bits per heavy atom. The number of likely N-dealkylation sites (N-methyl/N-ethyl adjacent to an activating group) is 1. The third kappa shape index (κ3) is 3.28. The lowest BCUT2D eigenvalue weighted by Crippen LogP contribution is -2.60. The Balaban J connectivity index is 1.49. The van der Waals surface area contributed by atoms with Crippen molar-refractivity contribution in [3.05, 3.63) is 12.2 Å². The highest BCUT2D eigenvalue weighted by atomic mass is 16.6. The summed E-state index contributed by atoms with van der Waals surface area (Å²) < 4.78 is 10.2. The molecule has 3 saturated carbocycles. The number of fused-ring (bicyclic) bond motifs is 5. The van der Waals surface area contributed by atoms with Crippen molar-refractivity contribution in [2.24, 2.45) is 28.6 Å². The fraction of sp³-hybridized carbons (Fsp3) is 0.826. The Hall–Kier alpha value is -1.56. The first kappa shape index (κ1) is 20.7. The number of methoxy groups -OCH3 is 1. The average molecular weight is 405 g/mol. The summed E-state index contributed by atoms with van der Waals surface area (Å²) in [7, 11) is 3.57. The predicted octanol–water partition coefficient (Wildman–Crippen LogP) is 3.37. The molecule has 0 unspecified atom stereocenters. The molecule has 1 aliphatic heterocycles. The van der Waals surface area contributed by atoms with Gasteiger partial charge < -0.3 is 19.7 Å². The van der Waals surface area contributed by atoms with Crippen LogP contribution in [0.4, 0.5) is 4.79 Å². The summed E-state index contributed by atoms with van der Waals surface area (Å²) in [5.74, 6) is 2.04. The Morgan fingerprint density at radius 3 is 2.72 bits per heavy atom. The number of nitrogens with one attached hydrogen (secondary N) is 1. The number of nitrogens with zero attached hydrogens (tertiary/aromatic N) is 1. The van der Waals surface area contributed by atoms with E-state index in [-0.39, 0.29) is 35.5 Å². The zero-order chi connectivity index (χ0) is 20.8. The SMILES string of the molecule is COCCOC(=O)N[C@H]1CC[C@H]2[C@@H]3CC[C@H]4N(C)C(=O)C=C[C@]4(C)[C@H]3CC[C@]12C. The Morgan fingerprint density at radius 2 is 1.97 bits per heavy atom. The summed E-state index contributed by atoms with van der Waals surface area (Å²) in [6.45, 7) is 5.46. The molecule has 3 aliphatic carbocycles. The molecule has 2 amide bonds. The molecule has 4 rings (SSSR count). The second-order valence-corrected chi connectivity index (χ2v) is 10.1. The number of alkyl carbamates (subject to hydrolysis) is 1. The lowest BCUT2D eigenvalue weighted by atomic mass is 9.48. The van der Waals surface area contributed by atoms with Gasteiger partial charge in [0.2, 0.25) is 5.91 Å². The second-order valence-electron chi connectivity index (χ2n) is 10.1. The largest absolute Gasteiger partial charge is 0.447 e. The van der Waals surface area contributed by atoms with Crippen molar-refractivity contribution in [2.75, 3.05) is 27.4 Å². The molecule has 1 N–H and O–H groups in total. The van der Waals surface area contributed by atoms with E-state index in [2.05, 4.69) is 25.2 Å². The predicted molar refractivity (Wildman–Crippen MR) is 110 cm³/mol. The van der Waals surface area contributed by atoms with Gasteiger partial charge in [-0.15, -0.1) is 0 Å². The topological polar surface area (TPSA) is 67.9 Å². The molecule has 0 aromatic rings. The first-order valence-corrected chi connectivity index (χ1v) is 11.2. The van der Waals surface area contributed by atoms with Crippen molar-refractivity contribution in [3.63, 3.8) is 0 Å². The Labute approximate surface area is 174 Å². The monoisotopic (exact) mass is 404 g/mol. The molecule has 7 atom stereocenters. The number of carbonyl (C=O) groups excluding carboxylic acids is 2. The Kier molecular flexibility index (Phi) is 5.43. The molecule has 162 valence electrons. The number of ether oxygens (including phenoxy) is 2. The minimum Gasteiger partial charge on any atom is -0.447 e. The lowest BCUT2D eigenvalue weighted by Gasteiger charge is -2.60. The standard InChI is InChI=1S/C23H36N2O4/c1-22-11-9-17-15(5-8-19-23(17,2)12-10-20(26)25(19)3)16(22)6-7-18(22)24-21(27)29-14-13-28-4/h10,12,15-19H,5-9,11,13-14H2,1-4H3,(H,24,27)/t15-,16-,17-,18-,19+,22-,23+/m0/s1. The van der Waals surface area contributed by atoms with E-state index in [4.69, 9.17) is 9.47 Å².